The Morgan fingerprint density at radius 2 is 2.33 bits per heavy atom. The molecule has 0 rings (SSSR count). The second-order valence-corrected chi connectivity index (χ2v) is 0.744. The van der Waals surface area contributed by atoms with Crippen LogP contribution in [-0.4, -0.2) is 24.7 Å². The molecule has 0 aromatic carbocycles. The third-order valence-corrected chi connectivity index (χ3v) is 0.285. The van der Waals surface area contributed by atoms with Crippen molar-refractivity contribution in [2.24, 2.45) is 0 Å². The summed E-state index contributed by atoms with van der Waals surface area (Å²) in [6, 6.07) is 0. The Morgan fingerprint density at radius 3 is 2.33 bits per heavy atom. The van der Waals surface area contributed by atoms with Crippen molar-refractivity contribution in [2.45, 2.75) is 0 Å². The highest BCUT2D eigenvalue weighted by Gasteiger charge is 1.58. The molecule has 0 fully saturated rings. The van der Waals surface area contributed by atoms with Crippen LogP contribution >= 0.6 is 0 Å². The van der Waals surface area contributed by atoms with Gasteiger partial charge in [-0.25, -0.2) is 0 Å². The molecule has 38 valence electrons. The number of rotatable bonds is 2. The van der Waals surface area contributed by atoms with Gasteiger partial charge in [0.2, 0.25) is 0 Å². The Labute approximate surface area is 43.0 Å². The van der Waals surface area contributed by atoms with Crippen LogP contribution in [0.2, 0.25) is 0 Å². The first-order valence-electron chi connectivity index (χ1n) is 1.51. The van der Waals surface area contributed by atoms with Gasteiger partial charge in [0, 0.05) is 7.11 Å². The number of hydrogen-bond donors (Lipinski definition) is 0. The van der Waals surface area contributed by atoms with Crippen molar-refractivity contribution < 1.29 is 4.74 Å². The monoisotopic (exact) mass is 104 g/mol. The minimum atomic E-state index is 0. The highest BCUT2D eigenvalue weighted by molar-refractivity contribution is 5.75. The summed E-state index contributed by atoms with van der Waals surface area (Å²) in [6.07, 6.45) is 1.71. The zero-order valence-corrected chi connectivity index (χ0v) is 3.40. The summed E-state index contributed by atoms with van der Waals surface area (Å²) >= 11 is 0. The van der Waals surface area contributed by atoms with E-state index >= 15 is 0 Å². The molecule has 0 heterocycles. The highest BCUT2D eigenvalue weighted by Crippen LogP contribution is 1.60. The first-order valence-corrected chi connectivity index (χ1v) is 1.51. The normalized spacial score (nSPS) is 6.17. The summed E-state index contributed by atoms with van der Waals surface area (Å²) in [6.45, 7) is 4.08. The fraction of sp³-hybridized carbons (Fsp3) is 0.500. The summed E-state index contributed by atoms with van der Waals surface area (Å²) in [7, 11) is 1.64. The average Bonchev–Trinajstić information content (AvgIpc) is 1.41. The first-order chi connectivity index (χ1) is 2.41. The van der Waals surface area contributed by atoms with Gasteiger partial charge in [0.15, 0.2) is 0 Å². The molecular formula is C4H12OSi. The summed E-state index contributed by atoms with van der Waals surface area (Å²) in [5.41, 5.74) is 0. The van der Waals surface area contributed by atoms with Gasteiger partial charge >= 0.3 is 0 Å². The van der Waals surface area contributed by atoms with Crippen molar-refractivity contribution in [3.63, 3.8) is 0 Å². The Balaban J connectivity index is 0. The molecule has 0 aliphatic heterocycles. The standard InChI is InChI=1S/C4H8O.H4Si/c1-3-4-5-2;/h3H,1,4H2,2H3;1H4. The van der Waals surface area contributed by atoms with Gasteiger partial charge in [0.1, 0.15) is 0 Å². The maximum Gasteiger partial charge on any atom is 0.0641 e. The number of hydrogen-bond acceptors (Lipinski definition) is 1. The average molecular weight is 104 g/mol. The lowest BCUT2D eigenvalue weighted by molar-refractivity contribution is 0.234. The predicted molar refractivity (Wildman–Crippen MR) is 33.4 cm³/mol. The van der Waals surface area contributed by atoms with E-state index in [0.29, 0.717) is 6.61 Å². The van der Waals surface area contributed by atoms with Crippen LogP contribution < -0.4 is 0 Å². The molecule has 0 unspecified atom stereocenters. The first kappa shape index (κ1) is 9.32. The fourth-order valence-corrected chi connectivity index (χ4v) is 0.118. The molecular weight excluding hydrogens is 92.1 g/mol. The Kier molecular flexibility index (Phi) is 13.8. The van der Waals surface area contributed by atoms with E-state index in [1.54, 1.807) is 13.2 Å². The van der Waals surface area contributed by atoms with Crippen molar-refractivity contribution >= 4 is 11.0 Å². The van der Waals surface area contributed by atoms with Crippen molar-refractivity contribution in [3.05, 3.63) is 12.7 Å². The molecule has 0 N–H and O–H groups in total. The largest absolute Gasteiger partial charge is 0.381 e. The lowest BCUT2D eigenvalue weighted by atomic mass is 10.7. The van der Waals surface area contributed by atoms with Gasteiger partial charge in [-0.2, -0.15) is 0 Å². The van der Waals surface area contributed by atoms with E-state index in [-0.39, 0.29) is 11.0 Å². The van der Waals surface area contributed by atoms with Crippen molar-refractivity contribution in [3.8, 4) is 0 Å². The molecule has 0 aliphatic carbocycles. The van der Waals surface area contributed by atoms with Gasteiger partial charge in [-0.3, -0.25) is 0 Å². The zero-order chi connectivity index (χ0) is 4.12. The van der Waals surface area contributed by atoms with Gasteiger partial charge in [0.05, 0.1) is 6.61 Å². The second-order valence-electron chi connectivity index (χ2n) is 0.744. The van der Waals surface area contributed by atoms with Gasteiger partial charge in [-0.15, -0.1) is 6.58 Å². The van der Waals surface area contributed by atoms with Gasteiger partial charge < -0.3 is 4.74 Å². The molecule has 0 aromatic rings. The van der Waals surface area contributed by atoms with Crippen LogP contribution in [0.15, 0.2) is 12.7 Å². The minimum Gasteiger partial charge on any atom is -0.381 e. The van der Waals surface area contributed by atoms with E-state index in [9.17, 15) is 0 Å². The van der Waals surface area contributed by atoms with Crippen LogP contribution in [0.25, 0.3) is 0 Å². The van der Waals surface area contributed by atoms with Crippen LogP contribution in [0.5, 0.6) is 0 Å². The van der Waals surface area contributed by atoms with Crippen LogP contribution in [0.3, 0.4) is 0 Å². The zero-order valence-electron chi connectivity index (χ0n) is 3.40. The summed E-state index contributed by atoms with van der Waals surface area (Å²) < 4.78 is 4.57. The lowest BCUT2D eigenvalue weighted by Crippen LogP contribution is -1.76. The molecule has 0 aliphatic rings. The smallest absolute Gasteiger partial charge is 0.0641 e. The Morgan fingerprint density at radius 1 is 1.83 bits per heavy atom. The molecule has 2 heteroatoms. The SMILES string of the molecule is C=CCOC.[SiH4]. The van der Waals surface area contributed by atoms with Gasteiger partial charge in [0.25, 0.3) is 0 Å². The molecule has 1 nitrogen and oxygen atoms in total. The van der Waals surface area contributed by atoms with Gasteiger partial charge in [-0.05, 0) is 11.0 Å². The molecule has 0 radical (unpaired) electrons. The predicted octanol–water partition coefficient (Wildman–Crippen LogP) is -0.633. The van der Waals surface area contributed by atoms with Crippen LogP contribution in [0, 0.1) is 0 Å². The Bertz CT molecular complexity index is 28.7. The molecule has 0 bridgehead atoms. The van der Waals surface area contributed by atoms with E-state index in [2.05, 4.69) is 11.3 Å². The summed E-state index contributed by atoms with van der Waals surface area (Å²) in [5.74, 6) is 0. The van der Waals surface area contributed by atoms with E-state index in [4.69, 9.17) is 0 Å². The number of methoxy groups -OCH3 is 1. The van der Waals surface area contributed by atoms with E-state index in [0.717, 1.165) is 0 Å². The number of ether oxygens (including phenoxy) is 1. The van der Waals surface area contributed by atoms with E-state index in [1.807, 2.05) is 0 Å². The molecule has 0 saturated heterocycles. The van der Waals surface area contributed by atoms with E-state index in [1.165, 1.54) is 0 Å². The second kappa shape index (κ2) is 8.87. The van der Waals surface area contributed by atoms with Crippen LogP contribution in [-0.2, 0) is 4.74 Å². The molecule has 0 atom stereocenters. The van der Waals surface area contributed by atoms with E-state index < -0.39 is 0 Å². The summed E-state index contributed by atoms with van der Waals surface area (Å²) in [5, 5.41) is 0. The van der Waals surface area contributed by atoms with Crippen LogP contribution in [0.1, 0.15) is 0 Å². The molecule has 0 amide bonds. The van der Waals surface area contributed by atoms with Crippen molar-refractivity contribution in [1.82, 2.24) is 0 Å². The third kappa shape index (κ3) is 9.07. The van der Waals surface area contributed by atoms with Gasteiger partial charge in [-0.1, -0.05) is 6.08 Å². The van der Waals surface area contributed by atoms with Crippen molar-refractivity contribution in [1.29, 1.82) is 0 Å². The van der Waals surface area contributed by atoms with Crippen molar-refractivity contribution in [2.75, 3.05) is 13.7 Å². The third-order valence-electron chi connectivity index (χ3n) is 0.285. The molecule has 0 saturated carbocycles. The lowest BCUT2D eigenvalue weighted by Gasteiger charge is -1.79. The maximum atomic E-state index is 4.57. The minimum absolute atomic E-state index is 0. The van der Waals surface area contributed by atoms with Crippen LogP contribution in [0.4, 0.5) is 0 Å². The molecule has 6 heavy (non-hydrogen) atoms. The molecule has 0 spiro atoms. The highest BCUT2D eigenvalue weighted by atomic mass is 28.1. The Hall–Kier alpha value is -0.0831. The quantitative estimate of drug-likeness (QED) is 0.335. The fourth-order valence-electron chi connectivity index (χ4n) is 0.118. The topological polar surface area (TPSA) is 9.23 Å². The maximum absolute atomic E-state index is 4.57. The summed E-state index contributed by atoms with van der Waals surface area (Å²) in [4.78, 5) is 0. The molecule has 0 aromatic heterocycles.